The minimum absolute atomic E-state index is 0.789. The van der Waals surface area contributed by atoms with Gasteiger partial charge in [-0.2, -0.15) is 0 Å². The first kappa shape index (κ1) is 12.8. The highest BCUT2D eigenvalue weighted by molar-refractivity contribution is 9.10. The third kappa shape index (κ3) is 3.67. The quantitative estimate of drug-likeness (QED) is 0.919. The Morgan fingerprint density at radius 3 is 2.88 bits per heavy atom. The molecule has 1 fully saturated rings. The number of halogens is 1. The number of ether oxygens (including phenoxy) is 2. The van der Waals surface area contributed by atoms with Crippen LogP contribution in [0.2, 0.25) is 0 Å². The lowest BCUT2D eigenvalue weighted by Gasteiger charge is -2.27. The van der Waals surface area contributed by atoms with Crippen LogP contribution in [-0.2, 0) is 11.3 Å². The predicted octanol–water partition coefficient (Wildman–Crippen LogP) is 1.79. The summed E-state index contributed by atoms with van der Waals surface area (Å²) in [4.78, 5) is 0. The van der Waals surface area contributed by atoms with Gasteiger partial charge in [-0.1, -0.05) is 15.9 Å². The van der Waals surface area contributed by atoms with E-state index in [1.807, 2.05) is 18.2 Å². The highest BCUT2D eigenvalue weighted by atomic mass is 79.9. The molecular formula is C12H17BrN2O2. The molecule has 94 valence electrons. The number of hydrogen-bond donors (Lipinski definition) is 1. The summed E-state index contributed by atoms with van der Waals surface area (Å²) >= 11 is 3.55. The number of methoxy groups -OCH3 is 1. The highest BCUT2D eigenvalue weighted by Crippen LogP contribution is 2.22. The molecule has 1 aliphatic rings. The molecule has 0 bridgehead atoms. The summed E-state index contributed by atoms with van der Waals surface area (Å²) in [5.74, 6) is 0.881. The van der Waals surface area contributed by atoms with Crippen LogP contribution in [0, 0.1) is 0 Å². The largest absolute Gasteiger partial charge is 0.497 e. The molecule has 0 amide bonds. The summed E-state index contributed by atoms with van der Waals surface area (Å²) in [6, 6.07) is 6.00. The normalized spacial score (nSPS) is 17.1. The van der Waals surface area contributed by atoms with E-state index in [0.717, 1.165) is 43.1 Å². The zero-order chi connectivity index (χ0) is 12.1. The van der Waals surface area contributed by atoms with Crippen LogP contribution < -0.4 is 10.2 Å². The van der Waals surface area contributed by atoms with Gasteiger partial charge < -0.3 is 9.47 Å². The van der Waals surface area contributed by atoms with Crippen molar-refractivity contribution in [3.63, 3.8) is 0 Å². The van der Waals surface area contributed by atoms with Gasteiger partial charge in [-0.25, -0.2) is 5.01 Å². The van der Waals surface area contributed by atoms with Crippen molar-refractivity contribution in [1.82, 2.24) is 10.4 Å². The number of hydrazine groups is 1. The van der Waals surface area contributed by atoms with Crippen molar-refractivity contribution in [2.75, 3.05) is 33.4 Å². The molecule has 1 heterocycles. The molecular weight excluding hydrogens is 284 g/mol. The Labute approximate surface area is 110 Å². The van der Waals surface area contributed by atoms with Crippen molar-refractivity contribution in [2.45, 2.75) is 6.54 Å². The van der Waals surface area contributed by atoms with Gasteiger partial charge in [-0.05, 0) is 23.8 Å². The average molecular weight is 301 g/mol. The number of nitrogens with zero attached hydrogens (tertiary/aromatic N) is 1. The van der Waals surface area contributed by atoms with E-state index < -0.39 is 0 Å². The summed E-state index contributed by atoms with van der Waals surface area (Å²) in [7, 11) is 1.68. The van der Waals surface area contributed by atoms with E-state index in [4.69, 9.17) is 9.47 Å². The molecule has 0 atom stereocenters. The fraction of sp³-hybridized carbons (Fsp3) is 0.500. The van der Waals surface area contributed by atoms with Gasteiger partial charge >= 0.3 is 0 Å². The summed E-state index contributed by atoms with van der Waals surface area (Å²) in [6.07, 6.45) is 0. The minimum Gasteiger partial charge on any atom is -0.497 e. The van der Waals surface area contributed by atoms with E-state index in [2.05, 4.69) is 26.4 Å². The van der Waals surface area contributed by atoms with Crippen LogP contribution >= 0.6 is 15.9 Å². The Hall–Kier alpha value is -0.620. The molecule has 1 saturated heterocycles. The van der Waals surface area contributed by atoms with Gasteiger partial charge in [0.2, 0.25) is 0 Å². The second-order valence-corrected chi connectivity index (χ2v) is 4.75. The molecule has 4 nitrogen and oxygen atoms in total. The third-order valence-corrected chi connectivity index (χ3v) is 3.53. The van der Waals surface area contributed by atoms with Gasteiger partial charge in [0, 0.05) is 24.1 Å². The number of nitrogens with one attached hydrogen (secondary N) is 1. The first-order valence-electron chi connectivity index (χ1n) is 5.68. The Balaban J connectivity index is 1.92. The molecule has 0 spiro atoms. The van der Waals surface area contributed by atoms with Crippen molar-refractivity contribution in [2.24, 2.45) is 0 Å². The topological polar surface area (TPSA) is 33.7 Å². The monoisotopic (exact) mass is 300 g/mol. The standard InChI is InChI=1S/C12H17BrN2O2/c1-16-11-2-3-12(13)10(8-11)9-14-15-4-6-17-7-5-15/h2-3,8,14H,4-7,9H2,1H3. The van der Waals surface area contributed by atoms with Gasteiger partial charge in [0.25, 0.3) is 0 Å². The Bertz CT molecular complexity index is 368. The van der Waals surface area contributed by atoms with E-state index in [1.54, 1.807) is 7.11 Å². The smallest absolute Gasteiger partial charge is 0.119 e. The molecule has 2 rings (SSSR count). The summed E-state index contributed by atoms with van der Waals surface area (Å²) in [6.45, 7) is 4.25. The molecule has 5 heteroatoms. The van der Waals surface area contributed by atoms with Crippen molar-refractivity contribution in [3.8, 4) is 5.75 Å². The third-order valence-electron chi connectivity index (χ3n) is 2.76. The van der Waals surface area contributed by atoms with Crippen LogP contribution in [0.4, 0.5) is 0 Å². The molecule has 1 aliphatic heterocycles. The first-order chi connectivity index (χ1) is 8.29. The minimum atomic E-state index is 0.789. The van der Waals surface area contributed by atoms with Crippen molar-refractivity contribution in [3.05, 3.63) is 28.2 Å². The van der Waals surface area contributed by atoms with Gasteiger partial charge in [0.15, 0.2) is 0 Å². The molecule has 0 aliphatic carbocycles. The SMILES string of the molecule is COc1ccc(Br)c(CNN2CCOCC2)c1. The zero-order valence-corrected chi connectivity index (χ0v) is 11.5. The van der Waals surface area contributed by atoms with E-state index >= 15 is 0 Å². The lowest BCUT2D eigenvalue weighted by molar-refractivity contribution is 0.0105. The lowest BCUT2D eigenvalue weighted by Crippen LogP contribution is -2.45. The second kappa shape index (κ2) is 6.35. The van der Waals surface area contributed by atoms with E-state index in [0.29, 0.717) is 0 Å². The number of benzene rings is 1. The summed E-state index contributed by atoms with van der Waals surface area (Å²) in [5.41, 5.74) is 4.59. The molecule has 0 aromatic heterocycles. The van der Waals surface area contributed by atoms with Gasteiger partial charge in [0.1, 0.15) is 5.75 Å². The Kier molecular flexibility index (Phi) is 4.79. The van der Waals surface area contributed by atoms with Crippen molar-refractivity contribution in [1.29, 1.82) is 0 Å². The highest BCUT2D eigenvalue weighted by Gasteiger charge is 2.10. The fourth-order valence-corrected chi connectivity index (χ4v) is 2.12. The molecule has 1 aromatic carbocycles. The maximum atomic E-state index is 5.30. The van der Waals surface area contributed by atoms with Crippen LogP contribution in [0.3, 0.4) is 0 Å². The zero-order valence-electron chi connectivity index (χ0n) is 9.91. The molecule has 1 aromatic rings. The van der Waals surface area contributed by atoms with Gasteiger partial charge in [0.05, 0.1) is 20.3 Å². The van der Waals surface area contributed by atoms with Crippen molar-refractivity contribution < 1.29 is 9.47 Å². The summed E-state index contributed by atoms with van der Waals surface area (Å²) < 4.78 is 11.6. The molecule has 0 radical (unpaired) electrons. The van der Waals surface area contributed by atoms with E-state index in [-0.39, 0.29) is 0 Å². The average Bonchev–Trinajstić information content (AvgIpc) is 2.39. The number of morpholine rings is 1. The van der Waals surface area contributed by atoms with Crippen LogP contribution in [-0.4, -0.2) is 38.4 Å². The lowest BCUT2D eigenvalue weighted by atomic mass is 10.2. The maximum absolute atomic E-state index is 5.30. The molecule has 1 N–H and O–H groups in total. The van der Waals surface area contributed by atoms with E-state index in [1.165, 1.54) is 5.56 Å². The van der Waals surface area contributed by atoms with Crippen LogP contribution in [0.15, 0.2) is 22.7 Å². The van der Waals surface area contributed by atoms with Crippen LogP contribution in [0.5, 0.6) is 5.75 Å². The molecule has 17 heavy (non-hydrogen) atoms. The molecule has 0 unspecified atom stereocenters. The number of rotatable bonds is 4. The number of hydrogen-bond acceptors (Lipinski definition) is 4. The van der Waals surface area contributed by atoms with Gasteiger partial charge in [-0.15, -0.1) is 0 Å². The summed E-state index contributed by atoms with van der Waals surface area (Å²) in [5, 5.41) is 2.19. The molecule has 0 saturated carbocycles. The Morgan fingerprint density at radius 2 is 2.18 bits per heavy atom. The van der Waals surface area contributed by atoms with Crippen molar-refractivity contribution >= 4 is 15.9 Å². The predicted molar refractivity (Wildman–Crippen MR) is 69.9 cm³/mol. The van der Waals surface area contributed by atoms with Gasteiger partial charge in [-0.3, -0.25) is 5.43 Å². The second-order valence-electron chi connectivity index (χ2n) is 3.89. The Morgan fingerprint density at radius 1 is 1.41 bits per heavy atom. The maximum Gasteiger partial charge on any atom is 0.119 e. The first-order valence-corrected chi connectivity index (χ1v) is 6.47. The van der Waals surface area contributed by atoms with Crippen LogP contribution in [0.1, 0.15) is 5.56 Å². The fourth-order valence-electron chi connectivity index (χ4n) is 1.73. The van der Waals surface area contributed by atoms with E-state index in [9.17, 15) is 0 Å². The van der Waals surface area contributed by atoms with Crippen LogP contribution in [0.25, 0.3) is 0 Å².